The van der Waals surface area contributed by atoms with Crippen molar-refractivity contribution in [2.45, 2.75) is 19.4 Å². The highest BCUT2D eigenvalue weighted by molar-refractivity contribution is 5.87. The standard InChI is InChI=1S/C19H18N2O5/c1-13(14-5-3-2-4-6-14)20-12-15(11-18(20)22)19(23)26-17-9-7-16(8-10-17)21(24)25/h2-10,13,15H,11-12H2,1H3/t13-,15+/m1/s1. The van der Waals surface area contributed by atoms with Crippen LogP contribution >= 0.6 is 0 Å². The van der Waals surface area contributed by atoms with Crippen molar-refractivity contribution in [3.63, 3.8) is 0 Å². The van der Waals surface area contributed by atoms with E-state index in [1.807, 2.05) is 37.3 Å². The van der Waals surface area contributed by atoms with Gasteiger partial charge in [0.2, 0.25) is 5.91 Å². The van der Waals surface area contributed by atoms with Gasteiger partial charge in [0.15, 0.2) is 0 Å². The van der Waals surface area contributed by atoms with Gasteiger partial charge in [-0.3, -0.25) is 19.7 Å². The Morgan fingerprint density at radius 3 is 2.46 bits per heavy atom. The van der Waals surface area contributed by atoms with Gasteiger partial charge in [-0.1, -0.05) is 30.3 Å². The number of hydrogen-bond acceptors (Lipinski definition) is 5. The predicted molar refractivity (Wildman–Crippen MR) is 93.4 cm³/mol. The molecule has 0 spiro atoms. The topological polar surface area (TPSA) is 89.8 Å². The number of nitrogens with zero attached hydrogens (tertiary/aromatic N) is 2. The van der Waals surface area contributed by atoms with E-state index in [1.54, 1.807) is 4.90 Å². The zero-order valence-corrected chi connectivity index (χ0v) is 14.2. The lowest BCUT2D eigenvalue weighted by Crippen LogP contribution is -2.30. The summed E-state index contributed by atoms with van der Waals surface area (Å²) in [7, 11) is 0. The summed E-state index contributed by atoms with van der Waals surface area (Å²) in [4.78, 5) is 36.5. The number of nitro benzene ring substituents is 1. The molecule has 0 aromatic heterocycles. The van der Waals surface area contributed by atoms with Crippen LogP contribution < -0.4 is 4.74 Å². The van der Waals surface area contributed by atoms with Crippen LogP contribution in [-0.4, -0.2) is 28.2 Å². The van der Waals surface area contributed by atoms with Crippen molar-refractivity contribution in [1.29, 1.82) is 0 Å². The zero-order chi connectivity index (χ0) is 18.7. The fraction of sp³-hybridized carbons (Fsp3) is 0.263. The van der Waals surface area contributed by atoms with Crippen molar-refractivity contribution < 1.29 is 19.2 Å². The fourth-order valence-corrected chi connectivity index (χ4v) is 3.01. The Bertz CT molecular complexity index is 820. The van der Waals surface area contributed by atoms with Crippen LogP contribution in [0.5, 0.6) is 5.75 Å². The molecule has 2 aromatic rings. The van der Waals surface area contributed by atoms with Crippen LogP contribution in [-0.2, 0) is 9.59 Å². The van der Waals surface area contributed by atoms with Gasteiger partial charge >= 0.3 is 5.97 Å². The maximum absolute atomic E-state index is 12.3. The lowest BCUT2D eigenvalue weighted by Gasteiger charge is -2.25. The van der Waals surface area contributed by atoms with Crippen LogP contribution in [0, 0.1) is 16.0 Å². The average Bonchev–Trinajstić information content (AvgIpc) is 3.04. The Morgan fingerprint density at radius 1 is 1.19 bits per heavy atom. The first-order chi connectivity index (χ1) is 12.5. The van der Waals surface area contributed by atoms with Gasteiger partial charge in [0.1, 0.15) is 5.75 Å². The minimum atomic E-state index is -0.552. The van der Waals surface area contributed by atoms with E-state index in [-0.39, 0.29) is 29.8 Å². The molecule has 134 valence electrons. The molecule has 0 bridgehead atoms. The molecule has 1 aliphatic rings. The molecular formula is C19H18N2O5. The van der Waals surface area contributed by atoms with E-state index in [1.165, 1.54) is 24.3 Å². The lowest BCUT2D eigenvalue weighted by molar-refractivity contribution is -0.384. The number of carbonyl (C=O) groups is 2. The van der Waals surface area contributed by atoms with E-state index in [4.69, 9.17) is 4.74 Å². The third-order valence-electron chi connectivity index (χ3n) is 4.51. The highest BCUT2D eigenvalue weighted by Crippen LogP contribution is 2.29. The Labute approximate surface area is 150 Å². The van der Waals surface area contributed by atoms with Crippen molar-refractivity contribution in [2.24, 2.45) is 5.92 Å². The van der Waals surface area contributed by atoms with E-state index >= 15 is 0 Å². The summed E-state index contributed by atoms with van der Waals surface area (Å²) in [5.74, 6) is -0.923. The summed E-state index contributed by atoms with van der Waals surface area (Å²) >= 11 is 0. The smallest absolute Gasteiger partial charge is 0.316 e. The number of carbonyl (C=O) groups excluding carboxylic acids is 2. The molecule has 1 amide bonds. The number of rotatable bonds is 5. The van der Waals surface area contributed by atoms with Crippen LogP contribution in [0.15, 0.2) is 54.6 Å². The lowest BCUT2D eigenvalue weighted by atomic mass is 10.1. The van der Waals surface area contributed by atoms with Crippen molar-refractivity contribution in [3.8, 4) is 5.75 Å². The first kappa shape index (κ1) is 17.6. The molecular weight excluding hydrogens is 336 g/mol. The number of esters is 1. The number of likely N-dealkylation sites (tertiary alicyclic amines) is 1. The molecule has 0 saturated carbocycles. The van der Waals surface area contributed by atoms with Gasteiger partial charge in [0, 0.05) is 25.1 Å². The quantitative estimate of drug-likeness (QED) is 0.356. The summed E-state index contributed by atoms with van der Waals surface area (Å²) < 4.78 is 5.27. The Kier molecular flexibility index (Phi) is 4.97. The SMILES string of the molecule is C[C@H](c1ccccc1)N1C[C@@H](C(=O)Oc2ccc([N+](=O)[O-])cc2)CC1=O. The number of benzene rings is 2. The molecule has 2 atom stereocenters. The fourth-order valence-electron chi connectivity index (χ4n) is 3.01. The number of nitro groups is 1. The summed E-state index contributed by atoms with van der Waals surface area (Å²) in [5.41, 5.74) is 0.925. The van der Waals surface area contributed by atoms with Crippen LogP contribution in [0.25, 0.3) is 0 Å². The summed E-state index contributed by atoms with van der Waals surface area (Å²) in [6.07, 6.45) is 0.100. The van der Waals surface area contributed by atoms with Gasteiger partial charge in [0.05, 0.1) is 16.9 Å². The Hall–Kier alpha value is -3.22. The second kappa shape index (κ2) is 7.35. The van der Waals surface area contributed by atoms with E-state index in [2.05, 4.69) is 0 Å². The minimum absolute atomic E-state index is 0.0799. The third-order valence-corrected chi connectivity index (χ3v) is 4.51. The largest absolute Gasteiger partial charge is 0.426 e. The summed E-state index contributed by atoms with van der Waals surface area (Å²) in [6, 6.07) is 14.8. The third kappa shape index (κ3) is 3.72. The van der Waals surface area contributed by atoms with Crippen LogP contribution in [0.4, 0.5) is 5.69 Å². The van der Waals surface area contributed by atoms with Gasteiger partial charge in [0.25, 0.3) is 5.69 Å². The molecule has 1 heterocycles. The van der Waals surface area contributed by atoms with Crippen molar-refractivity contribution in [3.05, 3.63) is 70.3 Å². The van der Waals surface area contributed by atoms with E-state index in [0.717, 1.165) is 5.56 Å². The average molecular weight is 354 g/mol. The normalized spacial score (nSPS) is 17.8. The van der Waals surface area contributed by atoms with Gasteiger partial charge in [-0.2, -0.15) is 0 Å². The monoisotopic (exact) mass is 354 g/mol. The highest BCUT2D eigenvalue weighted by Gasteiger charge is 2.38. The number of ether oxygens (including phenoxy) is 1. The van der Waals surface area contributed by atoms with Crippen molar-refractivity contribution >= 4 is 17.6 Å². The van der Waals surface area contributed by atoms with E-state index in [0.29, 0.717) is 6.54 Å². The molecule has 2 aromatic carbocycles. The number of non-ortho nitro benzene ring substituents is 1. The minimum Gasteiger partial charge on any atom is -0.426 e. The van der Waals surface area contributed by atoms with Crippen LogP contribution in [0.2, 0.25) is 0 Å². The molecule has 0 unspecified atom stereocenters. The molecule has 1 saturated heterocycles. The van der Waals surface area contributed by atoms with Gasteiger partial charge < -0.3 is 9.64 Å². The van der Waals surface area contributed by atoms with Crippen LogP contribution in [0.1, 0.15) is 24.9 Å². The molecule has 1 fully saturated rings. The Morgan fingerprint density at radius 2 is 1.85 bits per heavy atom. The zero-order valence-electron chi connectivity index (χ0n) is 14.2. The van der Waals surface area contributed by atoms with Gasteiger partial charge in [-0.25, -0.2) is 0 Å². The van der Waals surface area contributed by atoms with E-state index < -0.39 is 16.8 Å². The molecule has 3 rings (SSSR count). The Balaban J connectivity index is 1.64. The van der Waals surface area contributed by atoms with Crippen LogP contribution in [0.3, 0.4) is 0 Å². The van der Waals surface area contributed by atoms with Crippen molar-refractivity contribution in [2.75, 3.05) is 6.54 Å². The molecule has 1 aliphatic heterocycles. The molecule has 0 radical (unpaired) electrons. The first-order valence-electron chi connectivity index (χ1n) is 8.26. The first-order valence-corrected chi connectivity index (χ1v) is 8.26. The molecule has 0 aliphatic carbocycles. The number of amides is 1. The maximum atomic E-state index is 12.3. The number of hydrogen-bond donors (Lipinski definition) is 0. The molecule has 7 heteroatoms. The molecule has 0 N–H and O–H groups in total. The molecule has 26 heavy (non-hydrogen) atoms. The predicted octanol–water partition coefficient (Wildman–Crippen LogP) is 3.11. The summed E-state index contributed by atoms with van der Waals surface area (Å²) in [5, 5.41) is 10.7. The van der Waals surface area contributed by atoms with Crippen molar-refractivity contribution in [1.82, 2.24) is 4.90 Å². The maximum Gasteiger partial charge on any atom is 0.316 e. The van der Waals surface area contributed by atoms with Gasteiger partial charge in [-0.05, 0) is 24.6 Å². The second-order valence-corrected chi connectivity index (χ2v) is 6.21. The van der Waals surface area contributed by atoms with Gasteiger partial charge in [-0.15, -0.1) is 0 Å². The highest BCUT2D eigenvalue weighted by atomic mass is 16.6. The summed E-state index contributed by atoms with van der Waals surface area (Å²) in [6.45, 7) is 2.22. The van der Waals surface area contributed by atoms with E-state index in [9.17, 15) is 19.7 Å². The molecule has 7 nitrogen and oxygen atoms in total. The second-order valence-electron chi connectivity index (χ2n) is 6.21.